The normalized spacial score (nSPS) is 16.3. The monoisotopic (exact) mass is 372 g/mol. The molecule has 136 valence electrons. The number of para-hydroxylation sites is 2. The molecule has 26 heavy (non-hydrogen) atoms. The minimum absolute atomic E-state index is 0.117. The molecule has 3 rings (SSSR count). The Hall–Kier alpha value is -2.54. The summed E-state index contributed by atoms with van der Waals surface area (Å²) >= 11 is 1.65. The molecule has 1 unspecified atom stereocenters. The van der Waals surface area contributed by atoms with E-state index in [9.17, 15) is 9.59 Å². The maximum atomic E-state index is 12.6. The van der Waals surface area contributed by atoms with Crippen LogP contribution in [0.5, 0.6) is 11.5 Å². The Morgan fingerprint density at radius 3 is 2.77 bits per heavy atom. The smallest absolute Gasteiger partial charge is 0.231 e. The molecule has 0 radical (unpaired) electrons. The Bertz CT molecular complexity index is 769. The van der Waals surface area contributed by atoms with Gasteiger partial charge in [0.2, 0.25) is 5.91 Å². The van der Waals surface area contributed by atoms with Gasteiger partial charge in [0.1, 0.15) is 12.0 Å². The quantitative estimate of drug-likeness (QED) is 0.550. The van der Waals surface area contributed by atoms with Crippen molar-refractivity contribution in [2.24, 2.45) is 0 Å². The van der Waals surface area contributed by atoms with Crippen LogP contribution in [0.25, 0.3) is 0 Å². The van der Waals surface area contributed by atoms with Crippen molar-refractivity contribution in [3.63, 3.8) is 0 Å². The number of Topliss-reactive ketones (excluding diaryl/α,β-unsaturated/α-hetero) is 1. The number of amides is 1. The average molecular weight is 372 g/mol. The molecule has 6 nitrogen and oxygen atoms in total. The predicted molar refractivity (Wildman–Crippen MR) is 99.6 cm³/mol. The van der Waals surface area contributed by atoms with Crippen LogP contribution in [0.2, 0.25) is 0 Å². The highest BCUT2D eigenvalue weighted by Crippen LogP contribution is 2.29. The van der Waals surface area contributed by atoms with Crippen molar-refractivity contribution in [3.8, 4) is 11.5 Å². The number of ether oxygens (including phenoxy) is 2. The summed E-state index contributed by atoms with van der Waals surface area (Å²) in [6.45, 7) is 0.960. The Balaban J connectivity index is 1.59. The highest BCUT2D eigenvalue weighted by Gasteiger charge is 2.31. The summed E-state index contributed by atoms with van der Waals surface area (Å²) in [5.74, 6) is 1.72. The number of pyridine rings is 1. The van der Waals surface area contributed by atoms with Crippen molar-refractivity contribution >= 4 is 23.5 Å². The van der Waals surface area contributed by atoms with Gasteiger partial charge in [-0.1, -0.05) is 12.1 Å². The van der Waals surface area contributed by atoms with Gasteiger partial charge in [0.25, 0.3) is 0 Å². The number of hydrogen-bond donors (Lipinski definition) is 0. The molecule has 7 heteroatoms. The second-order valence-corrected chi connectivity index (χ2v) is 7.00. The molecule has 0 bridgehead atoms. The highest BCUT2D eigenvalue weighted by molar-refractivity contribution is 8.00. The third-order valence-corrected chi connectivity index (χ3v) is 5.25. The van der Waals surface area contributed by atoms with Crippen LogP contribution >= 0.6 is 11.8 Å². The molecule has 1 aromatic heterocycles. The fraction of sp³-hybridized carbons (Fsp3) is 0.316. The second-order valence-electron chi connectivity index (χ2n) is 5.72. The zero-order chi connectivity index (χ0) is 18.4. The molecule has 0 saturated carbocycles. The number of hydrogen-bond acceptors (Lipinski definition) is 6. The van der Waals surface area contributed by atoms with Crippen LogP contribution in [-0.2, 0) is 4.79 Å². The maximum absolute atomic E-state index is 12.6. The Kier molecular flexibility index (Phi) is 6.12. The topological polar surface area (TPSA) is 68.7 Å². The molecule has 1 saturated heterocycles. The third kappa shape index (κ3) is 4.35. The first kappa shape index (κ1) is 18.3. The molecular weight excluding hydrogens is 352 g/mol. The number of carbonyl (C=O) groups excluding carboxylic acids is 2. The Morgan fingerprint density at radius 1 is 1.23 bits per heavy atom. The summed E-state index contributed by atoms with van der Waals surface area (Å²) in [6.07, 6.45) is 2.93. The van der Waals surface area contributed by atoms with Crippen LogP contribution in [0, 0.1) is 0 Å². The number of ketones is 1. The second kappa shape index (κ2) is 8.71. The fourth-order valence-electron chi connectivity index (χ4n) is 2.71. The lowest BCUT2D eigenvalue weighted by Crippen LogP contribution is -2.39. The van der Waals surface area contributed by atoms with E-state index < -0.39 is 0 Å². The number of rotatable bonds is 7. The van der Waals surface area contributed by atoms with Gasteiger partial charge >= 0.3 is 0 Å². The van der Waals surface area contributed by atoms with Gasteiger partial charge in [-0.05, 0) is 24.3 Å². The lowest BCUT2D eigenvalue weighted by atomic mass is 10.1. The van der Waals surface area contributed by atoms with Crippen LogP contribution in [0.15, 0.2) is 48.8 Å². The van der Waals surface area contributed by atoms with Gasteiger partial charge in [0.15, 0.2) is 17.3 Å². The zero-order valence-electron chi connectivity index (χ0n) is 14.5. The van der Waals surface area contributed by atoms with Gasteiger partial charge in [-0.15, -0.1) is 11.8 Å². The van der Waals surface area contributed by atoms with Crippen molar-refractivity contribution < 1.29 is 19.1 Å². The first-order valence-electron chi connectivity index (χ1n) is 8.29. The lowest BCUT2D eigenvalue weighted by molar-refractivity contribution is -0.130. The van der Waals surface area contributed by atoms with Gasteiger partial charge in [-0.25, -0.2) is 0 Å². The maximum Gasteiger partial charge on any atom is 0.231 e. The Morgan fingerprint density at radius 2 is 2.04 bits per heavy atom. The summed E-state index contributed by atoms with van der Waals surface area (Å²) in [5, 5.41) is -0.117. The summed E-state index contributed by atoms with van der Waals surface area (Å²) in [5.41, 5.74) is 0.453. The zero-order valence-corrected chi connectivity index (χ0v) is 15.3. The Labute approximate surface area is 156 Å². The standard InChI is InChI=1S/C19H20N2O4S/c1-24-16-6-2-3-7-17(16)25-13-19-21(9-10-26-19)18(23)11-15(22)14-5-4-8-20-12-14/h2-8,12,19H,9-11,13H2,1H3. The molecule has 2 heterocycles. The SMILES string of the molecule is COc1ccccc1OCC1SCCN1C(=O)CC(=O)c1cccnc1. The van der Waals surface area contributed by atoms with E-state index in [-0.39, 0.29) is 23.5 Å². The number of carbonyl (C=O) groups is 2. The van der Waals surface area contributed by atoms with E-state index in [4.69, 9.17) is 9.47 Å². The van der Waals surface area contributed by atoms with Crippen molar-refractivity contribution in [1.29, 1.82) is 0 Å². The minimum atomic E-state index is -0.218. The molecule has 1 atom stereocenters. The van der Waals surface area contributed by atoms with Crippen LogP contribution < -0.4 is 9.47 Å². The molecule has 0 spiro atoms. The number of benzene rings is 1. The van der Waals surface area contributed by atoms with Crippen LogP contribution in [0.4, 0.5) is 0 Å². The fourth-order valence-corrected chi connectivity index (χ4v) is 3.85. The molecule has 2 aromatic rings. The van der Waals surface area contributed by atoms with E-state index in [2.05, 4.69) is 4.98 Å². The molecule has 1 aliphatic rings. The number of methoxy groups -OCH3 is 1. The van der Waals surface area contributed by atoms with Crippen LogP contribution in [0.3, 0.4) is 0 Å². The first-order chi connectivity index (χ1) is 12.7. The van der Waals surface area contributed by atoms with Gasteiger partial charge < -0.3 is 14.4 Å². The molecule has 1 amide bonds. The van der Waals surface area contributed by atoms with Crippen molar-refractivity contribution in [1.82, 2.24) is 9.88 Å². The molecule has 1 aliphatic heterocycles. The van der Waals surface area contributed by atoms with Gasteiger partial charge in [-0.3, -0.25) is 14.6 Å². The summed E-state index contributed by atoms with van der Waals surface area (Å²) < 4.78 is 11.1. The van der Waals surface area contributed by atoms with E-state index in [1.165, 1.54) is 6.20 Å². The van der Waals surface area contributed by atoms with E-state index in [0.717, 1.165) is 5.75 Å². The summed E-state index contributed by atoms with van der Waals surface area (Å²) in [4.78, 5) is 30.4. The van der Waals surface area contributed by atoms with E-state index in [1.807, 2.05) is 24.3 Å². The molecule has 0 N–H and O–H groups in total. The number of nitrogens with zero attached hydrogens (tertiary/aromatic N) is 2. The number of thioether (sulfide) groups is 1. The molecule has 0 aliphatic carbocycles. The van der Waals surface area contributed by atoms with E-state index in [1.54, 1.807) is 42.1 Å². The minimum Gasteiger partial charge on any atom is -0.493 e. The van der Waals surface area contributed by atoms with Gasteiger partial charge in [0.05, 0.1) is 13.5 Å². The molecule has 1 aromatic carbocycles. The molecule has 1 fully saturated rings. The van der Waals surface area contributed by atoms with E-state index in [0.29, 0.717) is 30.2 Å². The number of aromatic nitrogens is 1. The third-order valence-electron chi connectivity index (χ3n) is 4.06. The average Bonchev–Trinajstić information content (AvgIpc) is 3.16. The largest absolute Gasteiger partial charge is 0.493 e. The van der Waals surface area contributed by atoms with Crippen molar-refractivity contribution in [2.75, 3.05) is 26.0 Å². The van der Waals surface area contributed by atoms with Gasteiger partial charge in [0, 0.05) is 30.3 Å². The van der Waals surface area contributed by atoms with Crippen molar-refractivity contribution in [3.05, 3.63) is 54.4 Å². The van der Waals surface area contributed by atoms with Gasteiger partial charge in [-0.2, -0.15) is 0 Å². The van der Waals surface area contributed by atoms with Crippen molar-refractivity contribution in [2.45, 2.75) is 11.8 Å². The highest BCUT2D eigenvalue weighted by atomic mass is 32.2. The lowest BCUT2D eigenvalue weighted by Gasteiger charge is -2.24. The van der Waals surface area contributed by atoms with E-state index >= 15 is 0 Å². The predicted octanol–water partition coefficient (Wildman–Crippen LogP) is 2.64. The first-order valence-corrected chi connectivity index (χ1v) is 9.34. The summed E-state index contributed by atoms with van der Waals surface area (Å²) in [7, 11) is 1.59. The van der Waals surface area contributed by atoms with Crippen LogP contribution in [-0.4, -0.2) is 53.0 Å². The molecular formula is C19H20N2O4S. The summed E-state index contributed by atoms with van der Waals surface area (Å²) in [6, 6.07) is 10.8. The van der Waals surface area contributed by atoms with Crippen LogP contribution in [0.1, 0.15) is 16.8 Å².